The Morgan fingerprint density at radius 2 is 1.89 bits per heavy atom. The van der Waals surface area contributed by atoms with Gasteiger partial charge in [0.15, 0.2) is 0 Å². The molecule has 1 amide bonds. The van der Waals surface area contributed by atoms with Crippen LogP contribution in [-0.4, -0.2) is 29.7 Å². The second-order valence-electron chi connectivity index (χ2n) is 7.93. The van der Waals surface area contributed by atoms with E-state index < -0.39 is 11.7 Å². The number of rotatable bonds is 5. The van der Waals surface area contributed by atoms with Crippen LogP contribution >= 0.6 is 15.9 Å². The summed E-state index contributed by atoms with van der Waals surface area (Å²) in [5.41, 5.74) is 0.0677. The molecule has 3 atom stereocenters. The van der Waals surface area contributed by atoms with Crippen molar-refractivity contribution in [3.8, 4) is 0 Å². The Morgan fingerprint density at radius 3 is 2.50 bits per heavy atom. The van der Waals surface area contributed by atoms with Crippen molar-refractivity contribution < 1.29 is 18.7 Å². The number of halogens is 2. The second kappa shape index (κ2) is 7.16. The SMILES string of the molecule is C[C@@H](c1ccc(Br)cc1)N1CC[C@](CC2(C)CO2)(c2ccccc2F)OC1=O. The summed E-state index contributed by atoms with van der Waals surface area (Å²) in [7, 11) is 0. The maximum atomic E-state index is 14.7. The van der Waals surface area contributed by atoms with Crippen molar-refractivity contribution in [3.63, 3.8) is 0 Å². The lowest BCUT2D eigenvalue weighted by molar-refractivity contribution is -0.0767. The minimum absolute atomic E-state index is 0.132. The van der Waals surface area contributed by atoms with Crippen molar-refractivity contribution in [3.05, 3.63) is 69.9 Å². The lowest BCUT2D eigenvalue weighted by Gasteiger charge is -2.44. The summed E-state index contributed by atoms with van der Waals surface area (Å²) in [6, 6.07) is 14.3. The lowest BCUT2D eigenvalue weighted by atomic mass is 9.81. The van der Waals surface area contributed by atoms with Gasteiger partial charge in [0, 0.05) is 29.4 Å². The number of cyclic esters (lactones) is 1. The van der Waals surface area contributed by atoms with E-state index >= 15 is 0 Å². The molecule has 0 N–H and O–H groups in total. The molecule has 0 saturated carbocycles. The molecule has 148 valence electrons. The van der Waals surface area contributed by atoms with Crippen LogP contribution in [0.3, 0.4) is 0 Å². The molecule has 2 saturated heterocycles. The molecule has 0 spiro atoms. The third-order valence-corrected chi connectivity index (χ3v) is 6.28. The van der Waals surface area contributed by atoms with Crippen LogP contribution in [0, 0.1) is 5.82 Å². The fraction of sp³-hybridized carbons (Fsp3) is 0.409. The predicted octanol–water partition coefficient (Wildman–Crippen LogP) is 5.57. The van der Waals surface area contributed by atoms with Gasteiger partial charge >= 0.3 is 6.09 Å². The van der Waals surface area contributed by atoms with Gasteiger partial charge in [-0.15, -0.1) is 0 Å². The molecule has 2 fully saturated rings. The van der Waals surface area contributed by atoms with Gasteiger partial charge in [0.2, 0.25) is 0 Å². The van der Waals surface area contributed by atoms with Gasteiger partial charge in [0.05, 0.1) is 18.2 Å². The smallest absolute Gasteiger partial charge is 0.411 e. The zero-order valence-corrected chi connectivity index (χ0v) is 17.5. The van der Waals surface area contributed by atoms with E-state index in [9.17, 15) is 9.18 Å². The van der Waals surface area contributed by atoms with E-state index in [1.165, 1.54) is 6.07 Å². The Bertz CT molecular complexity index is 884. The van der Waals surface area contributed by atoms with E-state index in [-0.39, 0.29) is 17.5 Å². The molecule has 2 heterocycles. The number of ether oxygens (including phenoxy) is 2. The molecule has 4 rings (SSSR count). The van der Waals surface area contributed by atoms with Gasteiger partial charge in [-0.25, -0.2) is 9.18 Å². The Labute approximate surface area is 172 Å². The molecule has 6 heteroatoms. The number of carbonyl (C=O) groups is 1. The van der Waals surface area contributed by atoms with E-state index in [0.717, 1.165) is 10.0 Å². The van der Waals surface area contributed by atoms with E-state index in [1.807, 2.05) is 38.1 Å². The van der Waals surface area contributed by atoms with Crippen molar-refractivity contribution in [2.24, 2.45) is 0 Å². The van der Waals surface area contributed by atoms with Crippen molar-refractivity contribution >= 4 is 22.0 Å². The van der Waals surface area contributed by atoms with Gasteiger partial charge in [-0.3, -0.25) is 0 Å². The van der Waals surface area contributed by atoms with Crippen LogP contribution < -0.4 is 0 Å². The largest absolute Gasteiger partial charge is 0.438 e. The normalized spacial score (nSPS) is 28.0. The summed E-state index contributed by atoms with van der Waals surface area (Å²) in [6.45, 7) is 5.03. The van der Waals surface area contributed by atoms with E-state index in [2.05, 4.69) is 15.9 Å². The number of benzene rings is 2. The molecule has 28 heavy (non-hydrogen) atoms. The summed E-state index contributed by atoms with van der Waals surface area (Å²) in [4.78, 5) is 14.7. The quantitative estimate of drug-likeness (QED) is 0.562. The average molecular weight is 448 g/mol. The highest BCUT2D eigenvalue weighted by Gasteiger charge is 2.53. The number of nitrogens with zero attached hydrogens (tertiary/aromatic N) is 1. The number of hydrogen-bond acceptors (Lipinski definition) is 3. The zero-order valence-electron chi connectivity index (χ0n) is 16.0. The maximum absolute atomic E-state index is 14.7. The Kier molecular flexibility index (Phi) is 4.96. The van der Waals surface area contributed by atoms with Gasteiger partial charge < -0.3 is 14.4 Å². The summed E-state index contributed by atoms with van der Waals surface area (Å²) < 4.78 is 27.2. The third-order valence-electron chi connectivity index (χ3n) is 5.76. The van der Waals surface area contributed by atoms with Gasteiger partial charge in [0.1, 0.15) is 11.4 Å². The molecule has 0 aromatic heterocycles. The fourth-order valence-corrected chi connectivity index (χ4v) is 4.28. The zero-order chi connectivity index (χ0) is 19.9. The molecular formula is C22H23BrFNO3. The Hall–Kier alpha value is -1.92. The van der Waals surface area contributed by atoms with Crippen molar-refractivity contribution in [2.45, 2.75) is 43.9 Å². The van der Waals surface area contributed by atoms with Crippen molar-refractivity contribution in [1.82, 2.24) is 4.90 Å². The molecule has 4 nitrogen and oxygen atoms in total. The summed E-state index contributed by atoms with van der Waals surface area (Å²) in [5, 5.41) is 0. The van der Waals surface area contributed by atoms with Gasteiger partial charge in [-0.1, -0.05) is 46.3 Å². The number of hydrogen-bond donors (Lipinski definition) is 0. The van der Waals surface area contributed by atoms with Crippen LogP contribution in [0.2, 0.25) is 0 Å². The van der Waals surface area contributed by atoms with Crippen LogP contribution in [0.15, 0.2) is 53.0 Å². The van der Waals surface area contributed by atoms with E-state index in [1.54, 1.807) is 23.1 Å². The van der Waals surface area contributed by atoms with Crippen molar-refractivity contribution in [1.29, 1.82) is 0 Å². The van der Waals surface area contributed by atoms with Crippen molar-refractivity contribution in [2.75, 3.05) is 13.2 Å². The van der Waals surface area contributed by atoms with Crippen LogP contribution in [0.5, 0.6) is 0 Å². The van der Waals surface area contributed by atoms with E-state index in [4.69, 9.17) is 9.47 Å². The van der Waals surface area contributed by atoms with Crippen LogP contribution in [0.25, 0.3) is 0 Å². The van der Waals surface area contributed by atoms with Crippen LogP contribution in [0.1, 0.15) is 43.9 Å². The molecule has 2 aliphatic rings. The molecule has 1 unspecified atom stereocenters. The molecule has 2 aromatic rings. The number of amides is 1. The average Bonchev–Trinajstić information content (AvgIpc) is 3.38. The molecular weight excluding hydrogens is 425 g/mol. The van der Waals surface area contributed by atoms with Crippen LogP contribution in [0.4, 0.5) is 9.18 Å². The predicted molar refractivity (Wildman–Crippen MR) is 107 cm³/mol. The first-order valence-corrected chi connectivity index (χ1v) is 10.3. The van der Waals surface area contributed by atoms with Gasteiger partial charge in [-0.05, 0) is 37.6 Å². The molecule has 0 aliphatic carbocycles. The van der Waals surface area contributed by atoms with Gasteiger partial charge in [-0.2, -0.15) is 0 Å². The topological polar surface area (TPSA) is 42.1 Å². The van der Waals surface area contributed by atoms with Crippen LogP contribution in [-0.2, 0) is 15.1 Å². The maximum Gasteiger partial charge on any atom is 0.411 e. The number of carbonyl (C=O) groups excluding carboxylic acids is 1. The monoisotopic (exact) mass is 447 g/mol. The lowest BCUT2D eigenvalue weighted by Crippen LogP contribution is -2.50. The minimum Gasteiger partial charge on any atom is -0.438 e. The minimum atomic E-state index is -1.01. The third kappa shape index (κ3) is 3.67. The summed E-state index contributed by atoms with van der Waals surface area (Å²) in [6.07, 6.45) is 0.543. The summed E-state index contributed by atoms with van der Waals surface area (Å²) in [5.74, 6) is -0.353. The fourth-order valence-electron chi connectivity index (χ4n) is 4.01. The highest BCUT2D eigenvalue weighted by atomic mass is 79.9. The first-order valence-electron chi connectivity index (χ1n) is 9.46. The molecule has 2 aliphatic heterocycles. The molecule has 2 aromatic carbocycles. The standard InChI is InChI=1S/C22H23BrFNO3/c1-15(16-7-9-17(23)10-8-16)25-12-11-22(28-20(25)26,13-21(2)14-27-21)18-5-3-4-6-19(18)24/h3-10,15H,11-14H2,1-2H3/t15-,21?,22-/m0/s1. The Morgan fingerprint density at radius 1 is 1.21 bits per heavy atom. The van der Waals surface area contributed by atoms with Gasteiger partial charge in [0.25, 0.3) is 0 Å². The second-order valence-corrected chi connectivity index (χ2v) is 8.84. The highest BCUT2D eigenvalue weighted by molar-refractivity contribution is 9.10. The first-order chi connectivity index (χ1) is 13.3. The first kappa shape index (κ1) is 19.4. The van der Waals surface area contributed by atoms with E-state index in [0.29, 0.717) is 31.6 Å². The molecule has 0 radical (unpaired) electrons. The number of epoxide rings is 1. The Balaban J connectivity index is 1.61. The highest BCUT2D eigenvalue weighted by Crippen LogP contribution is 2.47. The molecule has 0 bridgehead atoms. The summed E-state index contributed by atoms with van der Waals surface area (Å²) >= 11 is 3.43.